The van der Waals surface area contributed by atoms with E-state index in [-0.39, 0.29) is 58.9 Å². The van der Waals surface area contributed by atoms with Crippen molar-refractivity contribution in [3.05, 3.63) is 203 Å². The molecule has 21 heteroatoms. The van der Waals surface area contributed by atoms with Crippen molar-refractivity contribution in [1.29, 1.82) is 0 Å². The van der Waals surface area contributed by atoms with Crippen LogP contribution in [0, 0.1) is 44.6 Å². The molecule has 10 rings (SSSR count). The average Bonchev–Trinajstić information content (AvgIpc) is 2.81. The van der Waals surface area contributed by atoms with Crippen LogP contribution in [0.2, 0.25) is 0 Å². The van der Waals surface area contributed by atoms with Crippen LogP contribution in [0.25, 0.3) is 0 Å². The summed E-state index contributed by atoms with van der Waals surface area (Å²) >= 11 is 2.13. The first-order chi connectivity index (χ1) is 43.1. The zero-order valence-corrected chi connectivity index (χ0v) is 56.2. The molecule has 4 aliphatic heterocycles. The van der Waals surface area contributed by atoms with E-state index in [9.17, 15) is 41.5 Å². The number of nitrogens with one attached hydrogen (secondary N) is 1. The van der Waals surface area contributed by atoms with E-state index in [1.165, 1.54) is 87.9 Å². The molecular formula is C70H92F4IN9O7. The van der Waals surface area contributed by atoms with Crippen LogP contribution < -0.4 is 22.2 Å². The van der Waals surface area contributed by atoms with Gasteiger partial charge in [-0.2, -0.15) is 10.2 Å². The Hall–Kier alpha value is -7.40. The van der Waals surface area contributed by atoms with Gasteiger partial charge in [-0.1, -0.05) is 48.6 Å². The van der Waals surface area contributed by atoms with Crippen molar-refractivity contribution in [2.45, 2.75) is 130 Å². The first-order valence-electron chi connectivity index (χ1n) is 31.1. The molecule has 3 N–H and O–H groups in total. The molecule has 4 aliphatic rings. The number of nitrogen functional groups attached to an aromatic ring is 1. The Morgan fingerprint density at radius 3 is 1.24 bits per heavy atom. The van der Waals surface area contributed by atoms with Gasteiger partial charge in [0.2, 0.25) is 5.91 Å². The number of amides is 3. The topological polar surface area (TPSA) is 187 Å². The molecule has 4 fully saturated rings. The lowest BCUT2D eigenvalue weighted by Crippen LogP contribution is -2.42. The number of ether oxygens (including phenoxy) is 2. The van der Waals surface area contributed by atoms with Crippen molar-refractivity contribution in [3.63, 3.8) is 0 Å². The molecule has 4 saturated heterocycles. The molecule has 16 nitrogen and oxygen atoms in total. The Kier molecular flexibility index (Phi) is 30.4. The van der Waals surface area contributed by atoms with Gasteiger partial charge in [-0.25, -0.2) is 36.5 Å². The number of aryl methyl sites for hydroxylation is 2. The monoisotopic (exact) mass is 1370 g/mol. The van der Waals surface area contributed by atoms with Gasteiger partial charge < -0.3 is 35.2 Å². The fourth-order valence-corrected chi connectivity index (χ4v) is 10.5. The highest BCUT2D eigenvalue weighted by Gasteiger charge is 2.28. The molecule has 3 amide bonds. The van der Waals surface area contributed by atoms with Crippen molar-refractivity contribution in [2.75, 3.05) is 58.1 Å². The first kappa shape index (κ1) is 74.3. The van der Waals surface area contributed by atoms with Crippen LogP contribution in [0.3, 0.4) is 0 Å². The minimum atomic E-state index is -0.442. The molecule has 494 valence electrons. The molecule has 0 saturated carbocycles. The van der Waals surface area contributed by atoms with Crippen LogP contribution >= 0.6 is 22.6 Å². The standard InChI is InChI=1S/C19H22FN3O2.C17H24FNO2.C12H16FN.C11H19NO2.C6H4FI.C5H7N3O/c1-22-18(24)7-6-17(21-22)13-19(25)23-10-8-15(9-11-23)12-14-2-4-16(20)5-3-14;1-17(2,3)21-16(20)19-10-8-14(9-11-19)12-13-4-6-15(18)7-5-13;13-12-3-1-10(2-4-12)9-11-5-7-14-8-6-11;1-9-5-7-12(8-6-9)10(13)14-11(2,3)4;7-5-1-3-6(8)4-2-5;1-8-5(9)3-2-4(6)7-8/h2-7,15H,8-13H2,1H3;4-7,14H,8-12H2,1-3H3;1-4,11,14H,5-9H2;1,5-8H2,2-4H3;1-4H;2-3H,1H3,(H2,6,7). The van der Waals surface area contributed by atoms with Crippen LogP contribution in [0.1, 0.15) is 115 Å². The summed E-state index contributed by atoms with van der Waals surface area (Å²) < 4.78 is 64.7. The maximum atomic E-state index is 13.0. The third kappa shape index (κ3) is 29.6. The zero-order chi connectivity index (χ0) is 66.7. The molecule has 0 aliphatic carbocycles. The van der Waals surface area contributed by atoms with Crippen molar-refractivity contribution in [2.24, 2.45) is 31.8 Å². The number of carbonyl (C=O) groups is 3. The number of benzene rings is 4. The minimum Gasteiger partial charge on any atom is -0.444 e. The molecule has 6 aromatic rings. The van der Waals surface area contributed by atoms with Gasteiger partial charge in [0.25, 0.3) is 11.1 Å². The highest BCUT2D eigenvalue weighted by molar-refractivity contribution is 14.1. The zero-order valence-electron chi connectivity index (χ0n) is 54.1. The van der Waals surface area contributed by atoms with E-state index >= 15 is 0 Å². The smallest absolute Gasteiger partial charge is 0.410 e. The Morgan fingerprint density at radius 1 is 0.527 bits per heavy atom. The second-order valence-electron chi connectivity index (χ2n) is 25.3. The van der Waals surface area contributed by atoms with E-state index in [1.807, 2.05) is 82.8 Å². The predicted molar refractivity (Wildman–Crippen MR) is 358 cm³/mol. The number of halogens is 5. The van der Waals surface area contributed by atoms with Crippen molar-refractivity contribution >= 4 is 46.5 Å². The van der Waals surface area contributed by atoms with Crippen molar-refractivity contribution < 1.29 is 41.4 Å². The van der Waals surface area contributed by atoms with Gasteiger partial charge in [-0.3, -0.25) is 14.4 Å². The summed E-state index contributed by atoms with van der Waals surface area (Å²) in [5.41, 5.74) is 9.48. The van der Waals surface area contributed by atoms with Gasteiger partial charge in [0, 0.05) is 69.1 Å². The second kappa shape index (κ2) is 37.2. The lowest BCUT2D eigenvalue weighted by atomic mass is 9.90. The number of hydrogen-bond acceptors (Lipinski definition) is 11. The van der Waals surface area contributed by atoms with Crippen LogP contribution in [0.15, 0.2) is 143 Å². The quantitative estimate of drug-likeness (QED) is 0.0839. The van der Waals surface area contributed by atoms with Crippen molar-refractivity contribution in [1.82, 2.24) is 39.6 Å². The first-order valence-corrected chi connectivity index (χ1v) is 32.2. The third-order valence-corrected chi connectivity index (χ3v) is 16.0. The summed E-state index contributed by atoms with van der Waals surface area (Å²) in [4.78, 5) is 63.4. The fourth-order valence-electron chi connectivity index (χ4n) is 10.2. The Bertz CT molecular complexity index is 3290. The van der Waals surface area contributed by atoms with E-state index < -0.39 is 11.2 Å². The number of nitrogens with zero attached hydrogens (tertiary/aromatic N) is 7. The highest BCUT2D eigenvalue weighted by Crippen LogP contribution is 2.25. The van der Waals surface area contributed by atoms with E-state index in [0.717, 1.165) is 131 Å². The van der Waals surface area contributed by atoms with Gasteiger partial charge in [-0.15, -0.1) is 0 Å². The average molecular weight is 1370 g/mol. The Labute approximate surface area is 547 Å². The normalized spacial score (nSPS) is 15.5. The molecule has 0 spiro atoms. The van der Waals surface area contributed by atoms with Gasteiger partial charge in [0.15, 0.2) is 0 Å². The number of carbonyl (C=O) groups excluding carboxylic acids is 3. The fraction of sp³-hybridized carbons (Fsp3) is 0.471. The summed E-state index contributed by atoms with van der Waals surface area (Å²) in [5.74, 6) is 1.53. The largest absolute Gasteiger partial charge is 0.444 e. The lowest BCUT2D eigenvalue weighted by molar-refractivity contribution is -0.131. The number of anilines is 1. The summed E-state index contributed by atoms with van der Waals surface area (Å²) in [5, 5.41) is 11.1. The molecule has 0 atom stereocenters. The van der Waals surface area contributed by atoms with E-state index in [0.29, 0.717) is 23.3 Å². The van der Waals surface area contributed by atoms with Crippen LogP contribution in [0.5, 0.6) is 0 Å². The van der Waals surface area contributed by atoms with E-state index in [2.05, 4.69) is 44.7 Å². The van der Waals surface area contributed by atoms with Crippen molar-refractivity contribution in [3.8, 4) is 0 Å². The second-order valence-corrected chi connectivity index (χ2v) is 26.5. The minimum absolute atomic E-state index is 0.0476. The molecule has 2 aromatic heterocycles. The predicted octanol–water partition coefficient (Wildman–Crippen LogP) is 12.7. The van der Waals surface area contributed by atoms with E-state index in [4.69, 9.17) is 15.2 Å². The number of piperidine rings is 4. The summed E-state index contributed by atoms with van der Waals surface area (Å²) in [6.07, 6.45) is 10.9. The molecule has 91 heavy (non-hydrogen) atoms. The molecular weight excluding hydrogens is 1280 g/mol. The molecule has 6 heterocycles. The van der Waals surface area contributed by atoms with Crippen LogP contribution in [-0.2, 0) is 54.0 Å². The highest BCUT2D eigenvalue weighted by atomic mass is 127. The summed E-state index contributed by atoms with van der Waals surface area (Å²) in [6, 6.07) is 32.5. The number of hydrogen-bond donors (Lipinski definition) is 2. The Balaban J connectivity index is 0.000000207. The molecule has 0 unspecified atom stereocenters. The molecule has 0 bridgehead atoms. The molecule has 0 radical (unpaired) electrons. The lowest BCUT2D eigenvalue weighted by Gasteiger charge is -2.33. The van der Waals surface area contributed by atoms with Crippen LogP contribution in [-0.4, -0.2) is 116 Å². The summed E-state index contributed by atoms with van der Waals surface area (Å²) in [7, 11) is 3.13. The summed E-state index contributed by atoms with van der Waals surface area (Å²) in [6.45, 7) is 21.9. The molecule has 4 aromatic carbocycles. The number of aromatic nitrogens is 4. The van der Waals surface area contributed by atoms with Gasteiger partial charge in [0.05, 0.1) is 12.1 Å². The third-order valence-electron chi connectivity index (χ3n) is 15.3. The number of rotatable bonds is 8. The van der Waals surface area contributed by atoms with Gasteiger partial charge in [0.1, 0.15) is 40.3 Å². The van der Waals surface area contributed by atoms with Gasteiger partial charge in [-0.05, 0) is 255 Å². The number of nitrogens with two attached hydrogens (primary N) is 1. The van der Waals surface area contributed by atoms with Gasteiger partial charge >= 0.3 is 12.2 Å². The van der Waals surface area contributed by atoms with E-state index in [1.54, 1.807) is 54.2 Å². The Morgan fingerprint density at radius 2 is 0.879 bits per heavy atom. The maximum absolute atomic E-state index is 13.0. The number of likely N-dealkylation sites (tertiary alicyclic amines) is 3. The van der Waals surface area contributed by atoms with Crippen LogP contribution in [0.4, 0.5) is 33.0 Å². The maximum Gasteiger partial charge on any atom is 0.410 e. The SMILES string of the molecule is C=C1CCN(C(=O)OC(C)(C)C)CC1.CC(C)(C)OC(=O)N1CCC(Cc2ccc(F)cc2)CC1.Cn1nc(CC(=O)N2CCC(Cc3ccc(F)cc3)CC2)ccc1=O.Cn1nc(N)ccc1=O.Fc1ccc(CC2CCNCC2)cc1.Fc1ccc(I)cc1.